The Morgan fingerprint density at radius 2 is 2.25 bits per heavy atom. The van der Waals surface area contributed by atoms with E-state index in [-0.39, 0.29) is 0 Å². The van der Waals surface area contributed by atoms with Crippen molar-refractivity contribution in [1.29, 1.82) is 0 Å². The Kier molecular flexibility index (Phi) is 6.13. The van der Waals surface area contributed by atoms with Crippen LogP contribution in [0.2, 0.25) is 0 Å². The molecule has 0 radical (unpaired) electrons. The van der Waals surface area contributed by atoms with Gasteiger partial charge in [-0.15, -0.1) is 12.3 Å². The number of benzene rings is 1. The Morgan fingerprint density at radius 1 is 1.38 bits per heavy atom. The summed E-state index contributed by atoms with van der Waals surface area (Å²) in [6, 6.07) is 8.11. The summed E-state index contributed by atoms with van der Waals surface area (Å²) in [4.78, 5) is 0. The van der Waals surface area contributed by atoms with Gasteiger partial charge in [0.15, 0.2) is 0 Å². The molecule has 86 valence electrons. The van der Waals surface area contributed by atoms with E-state index < -0.39 is 0 Å². The van der Waals surface area contributed by atoms with Gasteiger partial charge in [0.2, 0.25) is 0 Å². The molecule has 0 bridgehead atoms. The van der Waals surface area contributed by atoms with Crippen LogP contribution in [0.5, 0.6) is 5.75 Å². The standard InChI is InChI=1S/C14H19NO/c1-3-4-5-6-10-15-12-13-8-7-9-14(11-13)16-2/h1,7-9,11,15H,4-6,10,12H2,2H3. The molecule has 0 spiro atoms. The van der Waals surface area contributed by atoms with Crippen LogP contribution >= 0.6 is 0 Å². The number of methoxy groups -OCH3 is 1. The zero-order valence-corrected chi connectivity index (χ0v) is 9.83. The molecule has 0 aromatic heterocycles. The van der Waals surface area contributed by atoms with Gasteiger partial charge >= 0.3 is 0 Å². The number of ether oxygens (including phenoxy) is 1. The molecule has 16 heavy (non-hydrogen) atoms. The van der Waals surface area contributed by atoms with E-state index in [1.165, 1.54) is 5.56 Å². The molecule has 0 aliphatic carbocycles. The summed E-state index contributed by atoms with van der Waals surface area (Å²) in [5.41, 5.74) is 1.25. The third kappa shape index (κ3) is 4.86. The van der Waals surface area contributed by atoms with Crippen molar-refractivity contribution < 1.29 is 4.74 Å². The monoisotopic (exact) mass is 217 g/mol. The van der Waals surface area contributed by atoms with Crippen molar-refractivity contribution >= 4 is 0 Å². The third-order valence-electron chi connectivity index (χ3n) is 2.39. The summed E-state index contributed by atoms with van der Waals surface area (Å²) in [7, 11) is 1.69. The topological polar surface area (TPSA) is 21.3 Å². The predicted octanol–water partition coefficient (Wildman–Crippen LogP) is 2.59. The number of rotatable bonds is 7. The molecule has 0 amide bonds. The molecule has 0 unspecified atom stereocenters. The Labute approximate surface area is 98.0 Å². The van der Waals surface area contributed by atoms with Gasteiger partial charge in [0, 0.05) is 13.0 Å². The minimum atomic E-state index is 0.876. The molecule has 1 aromatic rings. The van der Waals surface area contributed by atoms with Crippen LogP contribution in [0.3, 0.4) is 0 Å². The summed E-state index contributed by atoms with van der Waals surface area (Å²) in [6.45, 7) is 1.89. The van der Waals surface area contributed by atoms with Gasteiger partial charge in [0.25, 0.3) is 0 Å². The molecular formula is C14H19NO. The molecule has 0 heterocycles. The molecule has 0 saturated carbocycles. The van der Waals surface area contributed by atoms with E-state index in [1.54, 1.807) is 7.11 Å². The second kappa shape index (κ2) is 7.78. The molecule has 0 atom stereocenters. The third-order valence-corrected chi connectivity index (χ3v) is 2.39. The quantitative estimate of drug-likeness (QED) is 0.560. The van der Waals surface area contributed by atoms with Crippen LogP contribution in [0.15, 0.2) is 24.3 Å². The van der Waals surface area contributed by atoms with Gasteiger partial charge in [-0.25, -0.2) is 0 Å². The number of unbranched alkanes of at least 4 members (excludes halogenated alkanes) is 2. The minimum absolute atomic E-state index is 0.876. The molecule has 2 nitrogen and oxygen atoms in total. The van der Waals surface area contributed by atoms with Crippen LogP contribution in [0.25, 0.3) is 0 Å². The first kappa shape index (κ1) is 12.6. The van der Waals surface area contributed by atoms with E-state index in [0.29, 0.717) is 0 Å². The molecule has 1 rings (SSSR count). The van der Waals surface area contributed by atoms with Crippen molar-refractivity contribution in [2.75, 3.05) is 13.7 Å². The molecule has 0 aliphatic heterocycles. The lowest BCUT2D eigenvalue weighted by Gasteiger charge is -2.06. The van der Waals surface area contributed by atoms with Gasteiger partial charge in [-0.05, 0) is 37.1 Å². The first-order valence-corrected chi connectivity index (χ1v) is 5.64. The lowest BCUT2D eigenvalue weighted by molar-refractivity contribution is 0.414. The highest BCUT2D eigenvalue weighted by Gasteiger charge is 1.95. The van der Waals surface area contributed by atoms with Gasteiger partial charge in [0.05, 0.1) is 7.11 Å². The number of hydrogen-bond donors (Lipinski definition) is 1. The highest BCUT2D eigenvalue weighted by molar-refractivity contribution is 5.28. The maximum Gasteiger partial charge on any atom is 0.119 e. The highest BCUT2D eigenvalue weighted by Crippen LogP contribution is 2.12. The Hall–Kier alpha value is -1.46. The van der Waals surface area contributed by atoms with E-state index >= 15 is 0 Å². The fourth-order valence-electron chi connectivity index (χ4n) is 1.49. The molecule has 0 fully saturated rings. The molecule has 2 heteroatoms. The fourth-order valence-corrected chi connectivity index (χ4v) is 1.49. The summed E-state index contributed by atoms with van der Waals surface area (Å²) in [5, 5.41) is 3.39. The summed E-state index contributed by atoms with van der Waals surface area (Å²) < 4.78 is 5.16. The van der Waals surface area contributed by atoms with Crippen molar-refractivity contribution in [2.24, 2.45) is 0 Å². The maximum absolute atomic E-state index is 5.18. The average Bonchev–Trinajstić information content (AvgIpc) is 2.34. The fraction of sp³-hybridized carbons (Fsp3) is 0.429. The number of hydrogen-bond acceptors (Lipinski definition) is 2. The van der Waals surface area contributed by atoms with Crippen molar-refractivity contribution in [3.63, 3.8) is 0 Å². The van der Waals surface area contributed by atoms with Crippen molar-refractivity contribution in [3.8, 4) is 18.1 Å². The van der Waals surface area contributed by atoms with Gasteiger partial charge in [-0.2, -0.15) is 0 Å². The second-order valence-electron chi connectivity index (χ2n) is 3.69. The second-order valence-corrected chi connectivity index (χ2v) is 3.69. The van der Waals surface area contributed by atoms with Crippen LogP contribution in [-0.4, -0.2) is 13.7 Å². The SMILES string of the molecule is C#CCCCCNCc1cccc(OC)c1. The largest absolute Gasteiger partial charge is 0.497 e. The van der Waals surface area contributed by atoms with Gasteiger partial charge in [-0.3, -0.25) is 0 Å². The zero-order valence-electron chi connectivity index (χ0n) is 9.83. The van der Waals surface area contributed by atoms with Crippen LogP contribution < -0.4 is 10.1 Å². The molecule has 0 aliphatic rings. The van der Waals surface area contributed by atoms with E-state index in [9.17, 15) is 0 Å². The average molecular weight is 217 g/mol. The Morgan fingerprint density at radius 3 is 3.00 bits per heavy atom. The van der Waals surface area contributed by atoms with Crippen molar-refractivity contribution in [1.82, 2.24) is 5.32 Å². The van der Waals surface area contributed by atoms with Gasteiger partial charge in [-0.1, -0.05) is 12.1 Å². The van der Waals surface area contributed by atoms with Gasteiger partial charge in [0.1, 0.15) is 5.75 Å². The maximum atomic E-state index is 5.18. The normalized spacial score (nSPS) is 9.75. The van der Waals surface area contributed by atoms with Crippen molar-refractivity contribution in [3.05, 3.63) is 29.8 Å². The highest BCUT2D eigenvalue weighted by atomic mass is 16.5. The summed E-state index contributed by atoms with van der Waals surface area (Å²) in [5.74, 6) is 3.56. The van der Waals surface area contributed by atoms with Gasteiger partial charge < -0.3 is 10.1 Å². The van der Waals surface area contributed by atoms with Crippen LogP contribution in [-0.2, 0) is 6.54 Å². The molecule has 1 N–H and O–H groups in total. The smallest absolute Gasteiger partial charge is 0.119 e. The Bertz CT molecular complexity index is 341. The van der Waals surface area contributed by atoms with Crippen LogP contribution in [0.1, 0.15) is 24.8 Å². The van der Waals surface area contributed by atoms with Crippen molar-refractivity contribution in [2.45, 2.75) is 25.8 Å². The van der Waals surface area contributed by atoms with E-state index in [2.05, 4.69) is 23.4 Å². The first-order chi connectivity index (χ1) is 7.86. The Balaban J connectivity index is 2.19. The number of terminal acetylenes is 1. The first-order valence-electron chi connectivity index (χ1n) is 5.64. The lowest BCUT2D eigenvalue weighted by Crippen LogP contribution is -2.14. The van der Waals surface area contributed by atoms with Crippen LogP contribution in [0, 0.1) is 12.3 Å². The zero-order chi connectivity index (χ0) is 11.6. The lowest BCUT2D eigenvalue weighted by atomic mass is 10.2. The molecule has 0 saturated heterocycles. The summed E-state index contributed by atoms with van der Waals surface area (Å²) >= 11 is 0. The molecule has 1 aromatic carbocycles. The van der Waals surface area contributed by atoms with E-state index in [4.69, 9.17) is 11.2 Å². The van der Waals surface area contributed by atoms with E-state index in [1.807, 2.05) is 12.1 Å². The summed E-state index contributed by atoms with van der Waals surface area (Å²) in [6.07, 6.45) is 8.29. The minimum Gasteiger partial charge on any atom is -0.497 e. The molecular weight excluding hydrogens is 198 g/mol. The van der Waals surface area contributed by atoms with Crippen LogP contribution in [0.4, 0.5) is 0 Å². The number of nitrogens with one attached hydrogen (secondary N) is 1. The van der Waals surface area contributed by atoms with E-state index in [0.717, 1.165) is 38.1 Å². The predicted molar refractivity (Wildman–Crippen MR) is 67.4 cm³/mol.